The Bertz CT molecular complexity index is 612. The minimum absolute atomic E-state index is 0.135. The number of carbonyl (C=O) groups is 1. The van der Waals surface area contributed by atoms with Crippen molar-refractivity contribution < 1.29 is 4.79 Å². The zero-order valence-corrected chi connectivity index (χ0v) is 11.4. The second-order valence-electron chi connectivity index (χ2n) is 4.79. The minimum atomic E-state index is -0.135. The fraction of sp³-hybridized carbons (Fsp3) is 0.188. The second kappa shape index (κ2) is 5.14. The van der Waals surface area contributed by atoms with Crippen LogP contribution in [0.1, 0.15) is 27.0 Å². The second-order valence-corrected chi connectivity index (χ2v) is 4.79. The van der Waals surface area contributed by atoms with Crippen LogP contribution in [0.3, 0.4) is 0 Å². The third-order valence-electron chi connectivity index (χ3n) is 3.31. The van der Waals surface area contributed by atoms with Gasteiger partial charge in [0.05, 0.1) is 11.4 Å². The first kappa shape index (κ1) is 13.1. The number of para-hydroxylation sites is 1. The number of nitrogens with two attached hydrogens (primary N) is 1. The van der Waals surface area contributed by atoms with E-state index in [1.807, 2.05) is 51.1 Å². The standard InChI is InChI=1S/C16H18N2O/c1-10-7-8-13(9-12(10)3)16(19)18-15-11(2)5-4-6-14(15)17/h4-9H,17H2,1-3H3,(H,18,19). The molecule has 0 aliphatic rings. The summed E-state index contributed by atoms with van der Waals surface area (Å²) < 4.78 is 0. The Kier molecular flexibility index (Phi) is 3.56. The van der Waals surface area contributed by atoms with Gasteiger partial charge in [-0.15, -0.1) is 0 Å². The molecule has 0 aliphatic carbocycles. The van der Waals surface area contributed by atoms with Crippen molar-refractivity contribution in [3.05, 3.63) is 58.7 Å². The third-order valence-corrected chi connectivity index (χ3v) is 3.31. The maximum atomic E-state index is 12.2. The van der Waals surface area contributed by atoms with Gasteiger partial charge in [-0.3, -0.25) is 4.79 Å². The lowest BCUT2D eigenvalue weighted by atomic mass is 10.1. The Labute approximate surface area is 113 Å². The highest BCUT2D eigenvalue weighted by Gasteiger charge is 2.10. The van der Waals surface area contributed by atoms with Crippen LogP contribution in [0.25, 0.3) is 0 Å². The number of carbonyl (C=O) groups excluding carboxylic acids is 1. The normalized spacial score (nSPS) is 10.3. The Morgan fingerprint density at radius 3 is 2.37 bits per heavy atom. The average Bonchev–Trinajstić information content (AvgIpc) is 2.37. The number of hydrogen-bond donors (Lipinski definition) is 2. The highest BCUT2D eigenvalue weighted by Crippen LogP contribution is 2.23. The predicted octanol–water partition coefficient (Wildman–Crippen LogP) is 3.45. The van der Waals surface area contributed by atoms with Crippen molar-refractivity contribution in [2.45, 2.75) is 20.8 Å². The molecule has 2 aromatic rings. The minimum Gasteiger partial charge on any atom is -0.397 e. The molecule has 98 valence electrons. The summed E-state index contributed by atoms with van der Waals surface area (Å²) in [6.07, 6.45) is 0. The van der Waals surface area contributed by atoms with E-state index in [1.165, 1.54) is 5.56 Å². The lowest BCUT2D eigenvalue weighted by Crippen LogP contribution is -2.14. The molecule has 19 heavy (non-hydrogen) atoms. The fourth-order valence-corrected chi connectivity index (χ4v) is 1.93. The molecule has 0 saturated heterocycles. The molecule has 0 fully saturated rings. The average molecular weight is 254 g/mol. The van der Waals surface area contributed by atoms with Gasteiger partial charge < -0.3 is 11.1 Å². The monoisotopic (exact) mass is 254 g/mol. The lowest BCUT2D eigenvalue weighted by Gasteiger charge is -2.11. The van der Waals surface area contributed by atoms with Crippen LogP contribution < -0.4 is 11.1 Å². The number of rotatable bonds is 2. The van der Waals surface area contributed by atoms with Crippen molar-refractivity contribution in [3.63, 3.8) is 0 Å². The summed E-state index contributed by atoms with van der Waals surface area (Å²) in [6, 6.07) is 11.2. The third kappa shape index (κ3) is 2.76. The van der Waals surface area contributed by atoms with E-state index in [1.54, 1.807) is 6.07 Å². The molecule has 2 rings (SSSR count). The number of anilines is 2. The van der Waals surface area contributed by atoms with Crippen LogP contribution in [0.4, 0.5) is 11.4 Å². The molecule has 0 radical (unpaired) electrons. The summed E-state index contributed by atoms with van der Waals surface area (Å²) in [7, 11) is 0. The highest BCUT2D eigenvalue weighted by molar-refractivity contribution is 6.06. The molecule has 3 heteroatoms. The zero-order valence-electron chi connectivity index (χ0n) is 11.4. The van der Waals surface area contributed by atoms with Crippen LogP contribution in [0.15, 0.2) is 36.4 Å². The molecular weight excluding hydrogens is 236 g/mol. The summed E-state index contributed by atoms with van der Waals surface area (Å²) in [6.45, 7) is 5.94. The van der Waals surface area contributed by atoms with E-state index >= 15 is 0 Å². The van der Waals surface area contributed by atoms with Crippen molar-refractivity contribution >= 4 is 17.3 Å². The van der Waals surface area contributed by atoms with Gasteiger partial charge in [-0.25, -0.2) is 0 Å². The lowest BCUT2D eigenvalue weighted by molar-refractivity contribution is 0.102. The molecule has 0 bridgehead atoms. The van der Waals surface area contributed by atoms with Crippen molar-refractivity contribution in [1.29, 1.82) is 0 Å². The van der Waals surface area contributed by atoms with E-state index in [0.29, 0.717) is 16.9 Å². The Balaban J connectivity index is 2.28. The Morgan fingerprint density at radius 1 is 1.00 bits per heavy atom. The topological polar surface area (TPSA) is 55.1 Å². The van der Waals surface area contributed by atoms with E-state index in [0.717, 1.165) is 11.1 Å². The predicted molar refractivity (Wildman–Crippen MR) is 79.5 cm³/mol. The summed E-state index contributed by atoms with van der Waals surface area (Å²) in [5.74, 6) is -0.135. The molecule has 0 spiro atoms. The van der Waals surface area contributed by atoms with Gasteiger partial charge in [0, 0.05) is 5.56 Å². The molecule has 2 aromatic carbocycles. The Morgan fingerprint density at radius 2 is 1.74 bits per heavy atom. The molecule has 3 N–H and O–H groups in total. The van der Waals surface area contributed by atoms with E-state index < -0.39 is 0 Å². The van der Waals surface area contributed by atoms with Crippen LogP contribution >= 0.6 is 0 Å². The van der Waals surface area contributed by atoms with Crippen LogP contribution in [0, 0.1) is 20.8 Å². The highest BCUT2D eigenvalue weighted by atomic mass is 16.1. The van der Waals surface area contributed by atoms with Crippen molar-refractivity contribution in [3.8, 4) is 0 Å². The van der Waals surface area contributed by atoms with Gasteiger partial charge in [0.15, 0.2) is 0 Å². The fourth-order valence-electron chi connectivity index (χ4n) is 1.93. The number of aryl methyl sites for hydroxylation is 3. The molecule has 1 amide bonds. The summed E-state index contributed by atoms with van der Waals surface area (Å²) in [4.78, 5) is 12.2. The molecule has 0 atom stereocenters. The molecule has 0 aliphatic heterocycles. The summed E-state index contributed by atoms with van der Waals surface area (Å²) in [5.41, 5.74) is 11.0. The van der Waals surface area contributed by atoms with Gasteiger partial charge in [-0.2, -0.15) is 0 Å². The molecule has 0 aromatic heterocycles. The molecule has 0 heterocycles. The SMILES string of the molecule is Cc1ccc(C(=O)Nc2c(C)cccc2N)cc1C. The van der Waals surface area contributed by atoms with Crippen molar-refractivity contribution in [2.24, 2.45) is 0 Å². The largest absolute Gasteiger partial charge is 0.397 e. The first-order chi connectivity index (χ1) is 8.99. The maximum Gasteiger partial charge on any atom is 0.255 e. The zero-order chi connectivity index (χ0) is 14.0. The van der Waals surface area contributed by atoms with Crippen molar-refractivity contribution in [1.82, 2.24) is 0 Å². The van der Waals surface area contributed by atoms with E-state index in [2.05, 4.69) is 5.32 Å². The van der Waals surface area contributed by atoms with Crippen LogP contribution in [-0.2, 0) is 0 Å². The molecule has 3 nitrogen and oxygen atoms in total. The number of amides is 1. The van der Waals surface area contributed by atoms with E-state index in [4.69, 9.17) is 5.73 Å². The van der Waals surface area contributed by atoms with Gasteiger partial charge in [0.1, 0.15) is 0 Å². The number of nitrogen functional groups attached to an aromatic ring is 1. The number of benzene rings is 2. The molecule has 0 saturated carbocycles. The Hall–Kier alpha value is -2.29. The van der Waals surface area contributed by atoms with Gasteiger partial charge in [-0.1, -0.05) is 18.2 Å². The molecular formula is C16H18N2O. The first-order valence-electron chi connectivity index (χ1n) is 6.22. The smallest absolute Gasteiger partial charge is 0.255 e. The molecule has 0 unspecified atom stereocenters. The number of nitrogens with one attached hydrogen (secondary N) is 1. The van der Waals surface area contributed by atoms with Crippen LogP contribution in [0.5, 0.6) is 0 Å². The summed E-state index contributed by atoms with van der Waals surface area (Å²) >= 11 is 0. The van der Waals surface area contributed by atoms with Crippen molar-refractivity contribution in [2.75, 3.05) is 11.1 Å². The number of hydrogen-bond acceptors (Lipinski definition) is 2. The van der Waals surface area contributed by atoms with Crippen LogP contribution in [-0.4, -0.2) is 5.91 Å². The van der Waals surface area contributed by atoms with Gasteiger partial charge >= 0.3 is 0 Å². The first-order valence-corrected chi connectivity index (χ1v) is 6.22. The summed E-state index contributed by atoms with van der Waals surface area (Å²) in [5, 5.41) is 2.88. The van der Waals surface area contributed by atoms with Gasteiger partial charge in [-0.05, 0) is 55.7 Å². The maximum absolute atomic E-state index is 12.2. The quantitative estimate of drug-likeness (QED) is 0.806. The van der Waals surface area contributed by atoms with Gasteiger partial charge in [0.2, 0.25) is 0 Å². The van der Waals surface area contributed by atoms with E-state index in [9.17, 15) is 4.79 Å². The van der Waals surface area contributed by atoms with E-state index in [-0.39, 0.29) is 5.91 Å². The van der Waals surface area contributed by atoms with Crippen LogP contribution in [0.2, 0.25) is 0 Å². The van der Waals surface area contributed by atoms with Gasteiger partial charge in [0.25, 0.3) is 5.91 Å².